The lowest BCUT2D eigenvalue weighted by molar-refractivity contribution is 0.0951. The van der Waals surface area contributed by atoms with Crippen molar-refractivity contribution >= 4 is 5.91 Å². The van der Waals surface area contributed by atoms with Gasteiger partial charge in [-0.15, -0.1) is 0 Å². The molecule has 0 bridgehead atoms. The maximum Gasteiger partial charge on any atom is 0.254 e. The van der Waals surface area contributed by atoms with Gasteiger partial charge in [0.2, 0.25) is 0 Å². The Bertz CT molecular complexity index is 1070. The van der Waals surface area contributed by atoms with Crippen LogP contribution in [0.2, 0.25) is 0 Å². The fourth-order valence-corrected chi connectivity index (χ4v) is 2.98. The van der Waals surface area contributed by atoms with Crippen LogP contribution in [0.25, 0.3) is 17.2 Å². The molecule has 1 aromatic carbocycles. The summed E-state index contributed by atoms with van der Waals surface area (Å²) in [5.41, 5.74) is 2.97. The van der Waals surface area contributed by atoms with Crippen LogP contribution >= 0.6 is 0 Å². The van der Waals surface area contributed by atoms with Gasteiger partial charge in [0.15, 0.2) is 5.82 Å². The molecule has 4 rings (SSSR count). The van der Waals surface area contributed by atoms with Crippen LogP contribution in [-0.4, -0.2) is 41.8 Å². The molecule has 0 atom stereocenters. The van der Waals surface area contributed by atoms with Gasteiger partial charge in [0.1, 0.15) is 5.69 Å². The van der Waals surface area contributed by atoms with Gasteiger partial charge in [-0.25, -0.2) is 14.6 Å². The topological polar surface area (TPSA) is 90.5 Å². The second kappa shape index (κ2) is 7.83. The summed E-state index contributed by atoms with van der Waals surface area (Å²) >= 11 is 0. The number of benzene rings is 1. The zero-order valence-corrected chi connectivity index (χ0v) is 15.4. The molecule has 4 aromatic rings. The summed E-state index contributed by atoms with van der Waals surface area (Å²) in [5, 5.41) is 7.29. The molecule has 0 spiro atoms. The SMILES string of the molecule is Cc1c(C(=O)NCCn2ccnc2-c2cnccn2)cnn1-c1ccccc1. The molecular weight excluding hydrogens is 354 g/mol. The van der Waals surface area contributed by atoms with E-state index in [9.17, 15) is 4.79 Å². The van der Waals surface area contributed by atoms with Gasteiger partial charge in [-0.2, -0.15) is 5.10 Å². The molecule has 0 radical (unpaired) electrons. The Morgan fingerprint density at radius 1 is 1.07 bits per heavy atom. The minimum absolute atomic E-state index is 0.152. The molecule has 140 valence electrons. The molecule has 3 heterocycles. The van der Waals surface area contributed by atoms with Crippen molar-refractivity contribution < 1.29 is 4.79 Å². The first kappa shape index (κ1) is 17.6. The summed E-state index contributed by atoms with van der Waals surface area (Å²) in [6.07, 6.45) is 10.1. The van der Waals surface area contributed by atoms with Crippen molar-refractivity contribution in [2.75, 3.05) is 6.54 Å². The van der Waals surface area contributed by atoms with E-state index in [1.165, 1.54) is 0 Å². The molecule has 1 N–H and O–H groups in total. The number of hydrogen-bond acceptors (Lipinski definition) is 5. The van der Waals surface area contributed by atoms with E-state index in [-0.39, 0.29) is 5.91 Å². The smallest absolute Gasteiger partial charge is 0.254 e. The lowest BCUT2D eigenvalue weighted by Crippen LogP contribution is -2.27. The number of hydrogen-bond donors (Lipinski definition) is 1. The van der Waals surface area contributed by atoms with E-state index in [2.05, 4.69) is 25.4 Å². The molecule has 0 unspecified atom stereocenters. The number of nitrogens with zero attached hydrogens (tertiary/aromatic N) is 6. The number of aromatic nitrogens is 6. The highest BCUT2D eigenvalue weighted by Gasteiger charge is 2.15. The molecule has 0 saturated carbocycles. The van der Waals surface area contributed by atoms with E-state index >= 15 is 0 Å². The van der Waals surface area contributed by atoms with Crippen molar-refractivity contribution in [3.05, 3.63) is 78.8 Å². The quantitative estimate of drug-likeness (QED) is 0.560. The third kappa shape index (κ3) is 3.52. The molecule has 8 heteroatoms. The standard InChI is InChI=1S/C20H19N7O/c1-15-17(13-25-27(15)16-5-3-2-4-6-16)20(28)24-10-12-26-11-9-23-19(26)18-14-21-7-8-22-18/h2-9,11,13-14H,10,12H2,1H3,(H,24,28). The zero-order valence-electron chi connectivity index (χ0n) is 15.4. The Kier molecular flexibility index (Phi) is 4.92. The molecule has 1 amide bonds. The highest BCUT2D eigenvalue weighted by atomic mass is 16.1. The predicted molar refractivity (Wildman–Crippen MR) is 104 cm³/mol. The number of para-hydroxylation sites is 1. The number of rotatable bonds is 6. The van der Waals surface area contributed by atoms with Crippen molar-refractivity contribution in [1.82, 2.24) is 34.6 Å². The molecule has 0 aliphatic carbocycles. The van der Waals surface area contributed by atoms with Crippen molar-refractivity contribution in [3.8, 4) is 17.2 Å². The normalized spacial score (nSPS) is 10.8. The largest absolute Gasteiger partial charge is 0.350 e. The summed E-state index contributed by atoms with van der Waals surface area (Å²) < 4.78 is 3.70. The monoisotopic (exact) mass is 373 g/mol. The maximum atomic E-state index is 12.6. The second-order valence-electron chi connectivity index (χ2n) is 6.18. The Morgan fingerprint density at radius 3 is 2.71 bits per heavy atom. The average Bonchev–Trinajstić information content (AvgIpc) is 3.36. The first-order valence-electron chi connectivity index (χ1n) is 8.90. The summed E-state index contributed by atoms with van der Waals surface area (Å²) in [6.45, 7) is 2.92. The molecular formula is C20H19N7O. The first-order chi connectivity index (χ1) is 13.7. The fourth-order valence-electron chi connectivity index (χ4n) is 2.98. The van der Waals surface area contributed by atoms with E-state index in [4.69, 9.17) is 0 Å². The van der Waals surface area contributed by atoms with Gasteiger partial charge in [-0.05, 0) is 19.1 Å². The highest BCUT2D eigenvalue weighted by Crippen LogP contribution is 2.14. The van der Waals surface area contributed by atoms with Crippen molar-refractivity contribution in [3.63, 3.8) is 0 Å². The minimum atomic E-state index is -0.152. The zero-order chi connectivity index (χ0) is 19.3. The Hall–Kier alpha value is -3.81. The van der Waals surface area contributed by atoms with Crippen LogP contribution in [0.3, 0.4) is 0 Å². The van der Waals surface area contributed by atoms with Crippen molar-refractivity contribution in [1.29, 1.82) is 0 Å². The van der Waals surface area contributed by atoms with Gasteiger partial charge in [0.05, 0.1) is 29.3 Å². The lowest BCUT2D eigenvalue weighted by atomic mass is 10.2. The molecule has 8 nitrogen and oxygen atoms in total. The summed E-state index contributed by atoms with van der Waals surface area (Å²) in [5.74, 6) is 0.566. The van der Waals surface area contributed by atoms with Crippen LogP contribution in [0, 0.1) is 6.92 Å². The molecule has 0 fully saturated rings. The van der Waals surface area contributed by atoms with E-state index in [0.717, 1.165) is 17.2 Å². The van der Waals surface area contributed by atoms with Gasteiger partial charge in [-0.3, -0.25) is 9.78 Å². The van der Waals surface area contributed by atoms with Crippen LogP contribution in [0.5, 0.6) is 0 Å². The van der Waals surface area contributed by atoms with Crippen LogP contribution in [0.4, 0.5) is 0 Å². The molecule has 0 aliphatic rings. The van der Waals surface area contributed by atoms with Gasteiger partial charge < -0.3 is 9.88 Å². The first-order valence-corrected chi connectivity index (χ1v) is 8.90. The number of imidazole rings is 1. The van der Waals surface area contributed by atoms with E-state index < -0.39 is 0 Å². The lowest BCUT2D eigenvalue weighted by Gasteiger charge is -2.09. The number of nitrogens with one attached hydrogen (secondary N) is 1. The van der Waals surface area contributed by atoms with E-state index in [1.807, 2.05) is 48.0 Å². The van der Waals surface area contributed by atoms with Gasteiger partial charge in [-0.1, -0.05) is 18.2 Å². The minimum Gasteiger partial charge on any atom is -0.350 e. The fraction of sp³-hybridized carbons (Fsp3) is 0.150. The third-order valence-corrected chi connectivity index (χ3v) is 4.40. The number of carbonyl (C=O) groups excluding carboxylic acids is 1. The van der Waals surface area contributed by atoms with Gasteiger partial charge >= 0.3 is 0 Å². The summed E-state index contributed by atoms with van der Waals surface area (Å²) in [6, 6.07) is 9.73. The Balaban J connectivity index is 1.41. The van der Waals surface area contributed by atoms with Crippen LogP contribution < -0.4 is 5.32 Å². The third-order valence-electron chi connectivity index (χ3n) is 4.40. The predicted octanol–water partition coefficient (Wildman–Crippen LogP) is 2.26. The number of amides is 1. The molecule has 0 aliphatic heterocycles. The molecule has 28 heavy (non-hydrogen) atoms. The van der Waals surface area contributed by atoms with Crippen LogP contribution in [0.15, 0.2) is 67.5 Å². The average molecular weight is 373 g/mol. The Labute approximate surface area is 161 Å². The summed E-state index contributed by atoms with van der Waals surface area (Å²) in [4.78, 5) is 25.3. The number of carbonyl (C=O) groups is 1. The van der Waals surface area contributed by atoms with Gasteiger partial charge in [0, 0.05) is 37.9 Å². The summed E-state index contributed by atoms with van der Waals surface area (Å²) in [7, 11) is 0. The molecule has 3 aromatic heterocycles. The second-order valence-corrected chi connectivity index (χ2v) is 6.18. The maximum absolute atomic E-state index is 12.6. The van der Waals surface area contributed by atoms with Crippen molar-refractivity contribution in [2.45, 2.75) is 13.5 Å². The Morgan fingerprint density at radius 2 is 1.93 bits per heavy atom. The van der Waals surface area contributed by atoms with E-state index in [1.54, 1.807) is 35.7 Å². The van der Waals surface area contributed by atoms with E-state index in [0.29, 0.717) is 24.3 Å². The molecule has 0 saturated heterocycles. The van der Waals surface area contributed by atoms with Gasteiger partial charge in [0.25, 0.3) is 5.91 Å². The highest BCUT2D eigenvalue weighted by molar-refractivity contribution is 5.95. The van der Waals surface area contributed by atoms with Crippen LogP contribution in [-0.2, 0) is 6.54 Å². The van der Waals surface area contributed by atoms with Crippen LogP contribution in [0.1, 0.15) is 16.1 Å². The van der Waals surface area contributed by atoms with Crippen molar-refractivity contribution in [2.24, 2.45) is 0 Å².